The molecule has 0 aromatic carbocycles. The van der Waals surface area contributed by atoms with Gasteiger partial charge < -0.3 is 10.0 Å². The third-order valence-corrected chi connectivity index (χ3v) is 4.16. The average Bonchev–Trinajstić information content (AvgIpc) is 2.88. The molecule has 2 heterocycles. The number of carbonyl (C=O) groups is 2. The van der Waals surface area contributed by atoms with Crippen molar-refractivity contribution in [3.63, 3.8) is 0 Å². The Labute approximate surface area is 124 Å². The number of aryl methyl sites for hydroxylation is 2. The molecule has 0 aliphatic carbocycles. The van der Waals surface area contributed by atoms with E-state index in [2.05, 4.69) is 5.10 Å². The van der Waals surface area contributed by atoms with Crippen molar-refractivity contribution in [2.45, 2.75) is 38.5 Å². The van der Waals surface area contributed by atoms with Gasteiger partial charge in [0.05, 0.1) is 0 Å². The van der Waals surface area contributed by atoms with Crippen LogP contribution in [0.5, 0.6) is 0 Å². The van der Waals surface area contributed by atoms with E-state index >= 15 is 0 Å². The predicted octanol–water partition coefficient (Wildman–Crippen LogP) is 1.46. The molecule has 1 aliphatic heterocycles. The summed E-state index contributed by atoms with van der Waals surface area (Å²) in [7, 11) is 1.88. The molecule has 1 atom stereocenters. The molecular formula is C15H23N3O3. The summed E-state index contributed by atoms with van der Waals surface area (Å²) in [5, 5.41) is 12.8. The maximum atomic E-state index is 12.3. The number of nitrogens with zero attached hydrogens (tertiary/aromatic N) is 3. The highest BCUT2D eigenvalue weighted by atomic mass is 16.4. The number of carboxylic acids is 1. The third kappa shape index (κ3) is 4.58. The van der Waals surface area contributed by atoms with Crippen LogP contribution in [0.3, 0.4) is 0 Å². The van der Waals surface area contributed by atoms with Gasteiger partial charge in [0.25, 0.3) is 0 Å². The summed E-state index contributed by atoms with van der Waals surface area (Å²) in [5.41, 5.74) is 1.06. The first-order valence-corrected chi connectivity index (χ1v) is 7.52. The van der Waals surface area contributed by atoms with E-state index in [1.165, 1.54) is 0 Å². The van der Waals surface area contributed by atoms with Gasteiger partial charge in [-0.05, 0) is 37.7 Å². The Morgan fingerprint density at radius 2 is 2.24 bits per heavy atom. The summed E-state index contributed by atoms with van der Waals surface area (Å²) in [6, 6.07) is 1.93. The van der Waals surface area contributed by atoms with Crippen LogP contribution in [0.1, 0.15) is 37.8 Å². The van der Waals surface area contributed by atoms with Crippen LogP contribution in [0.2, 0.25) is 0 Å². The maximum absolute atomic E-state index is 12.3. The summed E-state index contributed by atoms with van der Waals surface area (Å²) < 4.78 is 1.79. The molecule has 0 radical (unpaired) electrons. The molecule has 1 N–H and O–H groups in total. The lowest BCUT2D eigenvalue weighted by Crippen LogP contribution is -2.40. The largest absolute Gasteiger partial charge is 0.481 e. The first-order valence-electron chi connectivity index (χ1n) is 7.52. The SMILES string of the molecule is Cn1nccc1CCC(=O)N1CCC[C@H](CCC(=O)O)C1. The molecule has 1 saturated heterocycles. The second-order valence-electron chi connectivity index (χ2n) is 5.73. The first-order chi connectivity index (χ1) is 10.1. The van der Waals surface area contributed by atoms with Crippen molar-refractivity contribution in [2.24, 2.45) is 13.0 Å². The van der Waals surface area contributed by atoms with Gasteiger partial charge in [0, 0.05) is 44.9 Å². The Kier molecular flexibility index (Phi) is 5.36. The van der Waals surface area contributed by atoms with Gasteiger partial charge in [0.15, 0.2) is 0 Å². The van der Waals surface area contributed by atoms with Gasteiger partial charge in [-0.2, -0.15) is 5.10 Å². The number of amides is 1. The fourth-order valence-electron chi connectivity index (χ4n) is 2.89. The standard InChI is InChI=1S/C15H23N3O3/c1-17-13(8-9-16-17)5-6-14(19)18-10-2-3-12(11-18)4-7-15(20)21/h8-9,12H,2-7,10-11H2,1H3,(H,20,21)/t12-/m1/s1. The van der Waals surface area contributed by atoms with Gasteiger partial charge in [0.2, 0.25) is 5.91 Å². The number of likely N-dealkylation sites (tertiary alicyclic amines) is 1. The first kappa shape index (κ1) is 15.5. The van der Waals surface area contributed by atoms with Crippen LogP contribution < -0.4 is 0 Å². The molecule has 1 aliphatic rings. The van der Waals surface area contributed by atoms with Crippen LogP contribution in [0.15, 0.2) is 12.3 Å². The second-order valence-corrected chi connectivity index (χ2v) is 5.73. The number of aliphatic carboxylic acids is 1. The molecule has 6 heteroatoms. The van der Waals surface area contributed by atoms with Crippen molar-refractivity contribution in [1.29, 1.82) is 0 Å². The fourth-order valence-corrected chi connectivity index (χ4v) is 2.89. The molecule has 1 aromatic rings. The average molecular weight is 293 g/mol. The van der Waals surface area contributed by atoms with E-state index in [0.717, 1.165) is 25.1 Å². The number of rotatable bonds is 6. The van der Waals surface area contributed by atoms with Crippen molar-refractivity contribution in [2.75, 3.05) is 13.1 Å². The quantitative estimate of drug-likeness (QED) is 0.861. The minimum absolute atomic E-state index is 0.163. The number of carbonyl (C=O) groups excluding carboxylic acids is 1. The van der Waals surface area contributed by atoms with Crippen molar-refractivity contribution in [3.05, 3.63) is 18.0 Å². The minimum Gasteiger partial charge on any atom is -0.481 e. The molecule has 1 amide bonds. The van der Waals surface area contributed by atoms with Crippen molar-refractivity contribution in [1.82, 2.24) is 14.7 Å². The topological polar surface area (TPSA) is 75.4 Å². The van der Waals surface area contributed by atoms with Crippen molar-refractivity contribution >= 4 is 11.9 Å². The second kappa shape index (κ2) is 7.24. The fraction of sp³-hybridized carbons (Fsp3) is 0.667. The number of carboxylic acid groups (broad SMARTS) is 1. The van der Waals surface area contributed by atoms with E-state index in [4.69, 9.17) is 5.11 Å². The molecule has 1 fully saturated rings. The van der Waals surface area contributed by atoms with Crippen molar-refractivity contribution in [3.8, 4) is 0 Å². The van der Waals surface area contributed by atoms with E-state index in [9.17, 15) is 9.59 Å². The summed E-state index contributed by atoms with van der Waals surface area (Å²) >= 11 is 0. The molecular weight excluding hydrogens is 270 g/mol. The lowest BCUT2D eigenvalue weighted by Gasteiger charge is -2.32. The zero-order valence-electron chi connectivity index (χ0n) is 12.5. The summed E-state index contributed by atoms with van der Waals surface area (Å²) in [6.45, 7) is 1.51. The molecule has 2 rings (SSSR count). The van der Waals surface area contributed by atoms with Gasteiger partial charge in [0.1, 0.15) is 0 Å². The van der Waals surface area contributed by atoms with Gasteiger partial charge >= 0.3 is 5.97 Å². The Bertz CT molecular complexity index is 498. The molecule has 6 nitrogen and oxygen atoms in total. The van der Waals surface area contributed by atoms with Crippen LogP contribution >= 0.6 is 0 Å². The Morgan fingerprint density at radius 3 is 2.90 bits per heavy atom. The van der Waals surface area contributed by atoms with E-state index < -0.39 is 5.97 Å². The van der Waals surface area contributed by atoms with Crippen LogP contribution in [0.4, 0.5) is 0 Å². The minimum atomic E-state index is -0.755. The lowest BCUT2D eigenvalue weighted by atomic mass is 9.93. The zero-order valence-corrected chi connectivity index (χ0v) is 12.5. The molecule has 0 spiro atoms. The highest BCUT2D eigenvalue weighted by Gasteiger charge is 2.23. The van der Waals surface area contributed by atoms with E-state index in [1.807, 2.05) is 18.0 Å². The number of piperidine rings is 1. The Balaban J connectivity index is 1.79. The third-order valence-electron chi connectivity index (χ3n) is 4.16. The lowest BCUT2D eigenvalue weighted by molar-refractivity contribution is -0.137. The normalized spacial score (nSPS) is 18.7. The Hall–Kier alpha value is -1.85. The molecule has 0 saturated carbocycles. The summed E-state index contributed by atoms with van der Waals surface area (Å²) in [4.78, 5) is 24.8. The summed E-state index contributed by atoms with van der Waals surface area (Å²) in [6.07, 6.45) is 5.79. The van der Waals surface area contributed by atoms with E-state index in [-0.39, 0.29) is 12.3 Å². The van der Waals surface area contributed by atoms with Crippen molar-refractivity contribution < 1.29 is 14.7 Å². The molecule has 1 aromatic heterocycles. The number of hydrogen-bond acceptors (Lipinski definition) is 3. The Morgan fingerprint density at radius 1 is 1.43 bits per heavy atom. The van der Waals surface area contributed by atoms with Crippen LogP contribution in [0, 0.1) is 5.92 Å². The summed E-state index contributed by atoms with van der Waals surface area (Å²) in [5.74, 6) is -0.263. The highest BCUT2D eigenvalue weighted by Crippen LogP contribution is 2.21. The van der Waals surface area contributed by atoms with E-state index in [0.29, 0.717) is 31.7 Å². The van der Waals surface area contributed by atoms with Crippen LogP contribution in [-0.4, -0.2) is 44.8 Å². The van der Waals surface area contributed by atoms with Gasteiger partial charge in [-0.3, -0.25) is 14.3 Å². The highest BCUT2D eigenvalue weighted by molar-refractivity contribution is 5.76. The molecule has 21 heavy (non-hydrogen) atoms. The van der Waals surface area contributed by atoms with Gasteiger partial charge in [-0.25, -0.2) is 0 Å². The van der Waals surface area contributed by atoms with Gasteiger partial charge in [-0.15, -0.1) is 0 Å². The van der Waals surface area contributed by atoms with Crippen LogP contribution in [-0.2, 0) is 23.1 Å². The van der Waals surface area contributed by atoms with E-state index in [1.54, 1.807) is 10.9 Å². The molecule has 116 valence electrons. The molecule has 0 unspecified atom stereocenters. The number of hydrogen-bond donors (Lipinski definition) is 1. The molecule has 0 bridgehead atoms. The maximum Gasteiger partial charge on any atom is 0.303 e. The van der Waals surface area contributed by atoms with Gasteiger partial charge in [-0.1, -0.05) is 0 Å². The predicted molar refractivity (Wildman–Crippen MR) is 77.7 cm³/mol. The smallest absolute Gasteiger partial charge is 0.303 e. The zero-order chi connectivity index (χ0) is 15.2. The monoisotopic (exact) mass is 293 g/mol. The number of aromatic nitrogens is 2. The van der Waals surface area contributed by atoms with Crippen LogP contribution in [0.25, 0.3) is 0 Å².